The second-order valence-electron chi connectivity index (χ2n) is 7.79. The van der Waals surface area contributed by atoms with E-state index in [-0.39, 0.29) is 53.7 Å². The zero-order valence-corrected chi connectivity index (χ0v) is 18.2. The van der Waals surface area contributed by atoms with Gasteiger partial charge in [-0.3, -0.25) is 19.7 Å². The molecule has 2 N–H and O–H groups in total. The van der Waals surface area contributed by atoms with Gasteiger partial charge in [0.05, 0.1) is 6.04 Å². The van der Waals surface area contributed by atoms with Crippen LogP contribution in [-0.2, 0) is 22.7 Å². The number of hydrogen-bond donors (Lipinski definition) is 2. The number of rotatable bonds is 9. The zero-order chi connectivity index (χ0) is 23.3. The van der Waals surface area contributed by atoms with Gasteiger partial charge in [0.1, 0.15) is 5.82 Å². The number of hydrogen-bond acceptors (Lipinski definition) is 5. The first-order valence-corrected chi connectivity index (χ1v) is 10.3. The van der Waals surface area contributed by atoms with Crippen molar-refractivity contribution in [2.75, 3.05) is 5.32 Å². The summed E-state index contributed by atoms with van der Waals surface area (Å²) in [4.78, 5) is 54.3. The van der Waals surface area contributed by atoms with Crippen LogP contribution in [0, 0.1) is 6.92 Å². The van der Waals surface area contributed by atoms with Crippen molar-refractivity contribution in [3.8, 4) is 0 Å². The molecule has 0 saturated heterocycles. The van der Waals surface area contributed by atoms with E-state index in [1.54, 1.807) is 24.4 Å². The van der Waals surface area contributed by atoms with Gasteiger partial charge in [-0.1, -0.05) is 18.7 Å². The SMILES string of the molecule is C=CC(=O)CCC(C(C)=O)N1Cc2cc(CNC(=O)Nc3cc(C)ccn3)ccc2C1=O.[HH].[HH].[HH]. The summed E-state index contributed by atoms with van der Waals surface area (Å²) >= 11 is 0. The summed E-state index contributed by atoms with van der Waals surface area (Å²) in [6.45, 7) is 7.33. The van der Waals surface area contributed by atoms with E-state index in [1.165, 1.54) is 17.9 Å². The summed E-state index contributed by atoms with van der Waals surface area (Å²) in [5.41, 5.74) is 3.13. The molecule has 0 spiro atoms. The van der Waals surface area contributed by atoms with E-state index in [2.05, 4.69) is 22.2 Å². The van der Waals surface area contributed by atoms with Gasteiger partial charge in [0.25, 0.3) is 5.91 Å². The zero-order valence-electron chi connectivity index (χ0n) is 18.2. The van der Waals surface area contributed by atoms with Crippen molar-refractivity contribution in [2.45, 2.75) is 45.8 Å². The molecule has 3 rings (SSSR count). The Kier molecular flexibility index (Phi) is 7.14. The van der Waals surface area contributed by atoms with Crippen molar-refractivity contribution >= 4 is 29.3 Å². The van der Waals surface area contributed by atoms with Crippen LogP contribution in [0.15, 0.2) is 49.2 Å². The Morgan fingerprint density at radius 3 is 2.75 bits per heavy atom. The van der Waals surface area contributed by atoms with Crippen LogP contribution in [0.25, 0.3) is 0 Å². The van der Waals surface area contributed by atoms with Crippen molar-refractivity contribution in [3.63, 3.8) is 0 Å². The number of allylic oxidation sites excluding steroid dienone is 1. The molecule has 172 valence electrons. The number of carbonyl (C=O) groups is 4. The van der Waals surface area contributed by atoms with Gasteiger partial charge < -0.3 is 10.2 Å². The summed E-state index contributed by atoms with van der Waals surface area (Å²) < 4.78 is 0. The molecule has 32 heavy (non-hydrogen) atoms. The predicted molar refractivity (Wildman–Crippen MR) is 126 cm³/mol. The van der Waals surface area contributed by atoms with E-state index in [1.807, 2.05) is 19.1 Å². The Morgan fingerprint density at radius 2 is 2.06 bits per heavy atom. The maximum atomic E-state index is 12.8. The molecule has 8 heteroatoms. The second kappa shape index (κ2) is 10.00. The Hall–Kier alpha value is -3.81. The largest absolute Gasteiger partial charge is 0.334 e. The third kappa shape index (κ3) is 5.46. The van der Waals surface area contributed by atoms with E-state index in [0.717, 1.165) is 16.7 Å². The minimum Gasteiger partial charge on any atom is -0.334 e. The van der Waals surface area contributed by atoms with E-state index >= 15 is 0 Å². The number of urea groups is 1. The molecule has 1 unspecified atom stereocenters. The second-order valence-corrected chi connectivity index (χ2v) is 7.79. The van der Waals surface area contributed by atoms with Crippen LogP contribution in [0.4, 0.5) is 10.6 Å². The quantitative estimate of drug-likeness (QED) is 0.575. The normalized spacial score (nSPS) is 13.3. The molecule has 0 bridgehead atoms. The molecular formula is C24H32N4O4. The number of benzene rings is 1. The highest BCUT2D eigenvalue weighted by Gasteiger charge is 2.34. The maximum Gasteiger partial charge on any atom is 0.320 e. The number of nitrogens with zero attached hydrogens (tertiary/aromatic N) is 2. The lowest BCUT2D eigenvalue weighted by atomic mass is 10.0. The molecule has 1 aromatic heterocycles. The molecule has 1 aliphatic rings. The average molecular weight is 441 g/mol. The van der Waals surface area contributed by atoms with Gasteiger partial charge in [0.15, 0.2) is 11.6 Å². The van der Waals surface area contributed by atoms with Crippen LogP contribution in [0.5, 0.6) is 0 Å². The fourth-order valence-corrected chi connectivity index (χ4v) is 3.67. The van der Waals surface area contributed by atoms with Gasteiger partial charge >= 0.3 is 6.03 Å². The molecular weight excluding hydrogens is 408 g/mol. The van der Waals surface area contributed by atoms with E-state index in [0.29, 0.717) is 11.4 Å². The minimum absolute atomic E-state index is 0. The number of ketones is 2. The van der Waals surface area contributed by atoms with Crippen LogP contribution in [0.2, 0.25) is 0 Å². The van der Waals surface area contributed by atoms with Crippen LogP contribution >= 0.6 is 0 Å². The van der Waals surface area contributed by atoms with Crippen molar-refractivity contribution in [3.05, 3.63) is 71.4 Å². The molecule has 2 aromatic rings. The molecule has 0 aliphatic carbocycles. The summed E-state index contributed by atoms with van der Waals surface area (Å²) in [6, 6.07) is 7.90. The van der Waals surface area contributed by atoms with Crippen LogP contribution in [0.3, 0.4) is 0 Å². The smallest absolute Gasteiger partial charge is 0.320 e. The highest BCUT2D eigenvalue weighted by molar-refractivity contribution is 6.01. The fourth-order valence-electron chi connectivity index (χ4n) is 3.67. The number of amides is 3. The molecule has 1 atom stereocenters. The third-order valence-electron chi connectivity index (χ3n) is 5.35. The number of carbonyl (C=O) groups excluding carboxylic acids is 4. The van der Waals surface area contributed by atoms with Crippen molar-refractivity contribution < 1.29 is 23.5 Å². The summed E-state index contributed by atoms with van der Waals surface area (Å²) in [5.74, 6) is -0.0869. The lowest BCUT2D eigenvalue weighted by molar-refractivity contribution is -0.122. The van der Waals surface area contributed by atoms with E-state index in [9.17, 15) is 19.2 Å². The third-order valence-corrected chi connectivity index (χ3v) is 5.35. The molecule has 0 saturated carbocycles. The number of Topliss-reactive ketones (excluding diaryl/α,β-unsaturated/α-hetero) is 1. The van der Waals surface area contributed by atoms with Crippen LogP contribution < -0.4 is 10.6 Å². The first kappa shape index (κ1) is 22.9. The van der Waals surface area contributed by atoms with Gasteiger partial charge in [-0.2, -0.15) is 0 Å². The van der Waals surface area contributed by atoms with Gasteiger partial charge in [0, 0.05) is 35.6 Å². The molecule has 1 aliphatic heterocycles. The van der Waals surface area contributed by atoms with Crippen LogP contribution in [0.1, 0.15) is 51.1 Å². The van der Waals surface area contributed by atoms with Gasteiger partial charge in [-0.25, -0.2) is 9.78 Å². The predicted octanol–water partition coefficient (Wildman–Crippen LogP) is 3.90. The number of aryl methyl sites for hydroxylation is 1. The van der Waals surface area contributed by atoms with Gasteiger partial charge in [-0.05, 0) is 61.2 Å². The molecule has 2 heterocycles. The Bertz CT molecular complexity index is 1090. The number of anilines is 1. The maximum absolute atomic E-state index is 12.8. The summed E-state index contributed by atoms with van der Waals surface area (Å²) in [7, 11) is 0. The number of aromatic nitrogens is 1. The lowest BCUT2D eigenvalue weighted by Crippen LogP contribution is -2.40. The van der Waals surface area contributed by atoms with Gasteiger partial charge in [-0.15, -0.1) is 0 Å². The lowest BCUT2D eigenvalue weighted by Gasteiger charge is -2.25. The Balaban J connectivity index is 0.00000385. The van der Waals surface area contributed by atoms with Crippen molar-refractivity contribution in [1.82, 2.24) is 15.2 Å². The van der Waals surface area contributed by atoms with Crippen LogP contribution in [-0.4, -0.2) is 39.4 Å². The summed E-state index contributed by atoms with van der Waals surface area (Å²) in [6.07, 6.45) is 3.27. The number of fused-ring (bicyclic) bond motifs is 1. The minimum atomic E-state index is -0.659. The fraction of sp³-hybridized carbons (Fsp3) is 0.292. The van der Waals surface area contributed by atoms with E-state index < -0.39 is 6.04 Å². The Morgan fingerprint density at radius 1 is 1.28 bits per heavy atom. The standard InChI is InChI=1S/C24H26N4O4.3H2/c1-4-19(30)6-8-21(16(3)29)28-14-18-12-17(5-7-20(18)23(28)31)13-26-24(32)27-22-11-15(2)9-10-25-22;;;/h4-5,7,9-12,21H,1,6,8,13-14H2,2-3H3,(H2,25,26,27,32);3*1H. The number of pyridine rings is 1. The molecule has 1 aromatic carbocycles. The van der Waals surface area contributed by atoms with Gasteiger partial charge in [0.2, 0.25) is 0 Å². The van der Waals surface area contributed by atoms with Crippen molar-refractivity contribution in [1.29, 1.82) is 0 Å². The monoisotopic (exact) mass is 440 g/mol. The molecule has 3 amide bonds. The average Bonchev–Trinajstić information content (AvgIpc) is 3.07. The molecule has 0 radical (unpaired) electrons. The number of nitrogens with one attached hydrogen (secondary N) is 2. The Labute approximate surface area is 191 Å². The van der Waals surface area contributed by atoms with E-state index in [4.69, 9.17) is 0 Å². The first-order valence-electron chi connectivity index (χ1n) is 10.3. The van der Waals surface area contributed by atoms with Crippen molar-refractivity contribution in [2.24, 2.45) is 0 Å². The first-order chi connectivity index (χ1) is 15.3. The molecule has 8 nitrogen and oxygen atoms in total. The topological polar surface area (TPSA) is 108 Å². The molecule has 0 fully saturated rings. The highest BCUT2D eigenvalue weighted by Crippen LogP contribution is 2.27. The summed E-state index contributed by atoms with van der Waals surface area (Å²) in [5, 5.41) is 5.45. The highest BCUT2D eigenvalue weighted by atomic mass is 16.2.